The van der Waals surface area contributed by atoms with E-state index in [0.29, 0.717) is 19.4 Å². The van der Waals surface area contributed by atoms with Crippen molar-refractivity contribution in [2.24, 2.45) is 5.41 Å². The molecule has 0 unspecified atom stereocenters. The summed E-state index contributed by atoms with van der Waals surface area (Å²) in [4.78, 5) is 27.1. The molecule has 0 aromatic rings. The van der Waals surface area contributed by atoms with Crippen LogP contribution < -0.4 is 5.32 Å². The van der Waals surface area contributed by atoms with Gasteiger partial charge in [-0.25, -0.2) is 4.79 Å². The van der Waals surface area contributed by atoms with Crippen molar-refractivity contribution >= 4 is 12.1 Å². The first-order valence-electron chi connectivity index (χ1n) is 7.87. The number of hydrogen-bond donors (Lipinski definition) is 4. The first-order valence-corrected chi connectivity index (χ1v) is 7.87. The van der Waals surface area contributed by atoms with Crippen LogP contribution in [0.1, 0.15) is 51.4 Å². The van der Waals surface area contributed by atoms with E-state index in [1.54, 1.807) is 0 Å². The number of amides is 1. The predicted molar refractivity (Wildman–Crippen MR) is 77.7 cm³/mol. The number of unbranched alkanes of at least 4 members (excludes halogenated alkanes) is 1. The van der Waals surface area contributed by atoms with Crippen LogP contribution >= 0.6 is 0 Å². The highest BCUT2D eigenvalue weighted by atomic mass is 17.1. The largest absolute Gasteiger partial charge is 0.481 e. The summed E-state index contributed by atoms with van der Waals surface area (Å²) in [5, 5.41) is 28.0. The fourth-order valence-corrected chi connectivity index (χ4v) is 2.86. The summed E-state index contributed by atoms with van der Waals surface area (Å²) in [6.07, 6.45) is 5.18. The second-order valence-electron chi connectivity index (χ2n) is 5.91. The number of nitrogens with one attached hydrogen (secondary N) is 1. The number of rotatable bonds is 10. The van der Waals surface area contributed by atoms with E-state index in [4.69, 9.17) is 20.3 Å². The molecule has 1 aliphatic rings. The molecule has 1 fully saturated rings. The van der Waals surface area contributed by atoms with Gasteiger partial charge in [-0.15, -0.1) is 0 Å². The molecule has 1 aliphatic carbocycles. The quantitative estimate of drug-likeness (QED) is 0.352. The van der Waals surface area contributed by atoms with Gasteiger partial charge in [-0.1, -0.05) is 19.3 Å². The minimum Gasteiger partial charge on any atom is -0.481 e. The van der Waals surface area contributed by atoms with Gasteiger partial charge in [-0.2, -0.15) is 0 Å². The summed E-state index contributed by atoms with van der Waals surface area (Å²) in [7, 11) is 0. The Bertz CT molecular complexity index is 370. The number of carbonyl (C=O) groups is 2. The molecule has 0 radical (unpaired) electrons. The van der Waals surface area contributed by atoms with Gasteiger partial charge in [0.15, 0.2) is 0 Å². The van der Waals surface area contributed by atoms with Crippen molar-refractivity contribution in [1.29, 1.82) is 0 Å². The van der Waals surface area contributed by atoms with Crippen molar-refractivity contribution < 1.29 is 34.7 Å². The van der Waals surface area contributed by atoms with Crippen molar-refractivity contribution in [3.8, 4) is 0 Å². The van der Waals surface area contributed by atoms with Gasteiger partial charge in [-0.3, -0.25) is 20.0 Å². The highest BCUT2D eigenvalue weighted by Gasteiger charge is 2.34. The van der Waals surface area contributed by atoms with Crippen LogP contribution in [0.25, 0.3) is 0 Å². The van der Waals surface area contributed by atoms with Crippen LogP contribution in [0.15, 0.2) is 0 Å². The van der Waals surface area contributed by atoms with Crippen molar-refractivity contribution in [3.63, 3.8) is 0 Å². The average Bonchev–Trinajstić information content (AvgIpc) is 2.49. The van der Waals surface area contributed by atoms with E-state index in [2.05, 4.69) is 10.2 Å². The molecule has 0 atom stereocenters. The van der Waals surface area contributed by atoms with E-state index < -0.39 is 12.1 Å². The van der Waals surface area contributed by atoms with Gasteiger partial charge >= 0.3 is 12.1 Å². The van der Waals surface area contributed by atoms with E-state index in [-0.39, 0.29) is 30.4 Å². The number of hydrogen-bond acceptors (Lipinski definition) is 7. The summed E-state index contributed by atoms with van der Waals surface area (Å²) < 4.78 is 5.00. The van der Waals surface area contributed by atoms with E-state index in [1.807, 2.05) is 0 Å². The number of carboxylic acids is 1. The number of carbonyl (C=O) groups excluding carboxylic acids is 1. The number of alkyl carbamates (subject to hydrolysis) is 1. The molecule has 0 spiro atoms. The molecular weight excluding hydrogens is 308 g/mol. The highest BCUT2D eigenvalue weighted by molar-refractivity contribution is 5.69. The first kappa shape index (κ1) is 19.6. The standard InChI is InChI=1S/C14H26N2O7/c17-12(18)10-14(6-2-1-3-7-14)11-15-13(19)22-8-4-5-9-23-16(20)21/h20-21H,1-11H2,(H,15,19)(H,17,18). The molecule has 1 amide bonds. The van der Waals surface area contributed by atoms with Crippen molar-refractivity contribution in [2.75, 3.05) is 19.8 Å². The van der Waals surface area contributed by atoms with E-state index in [9.17, 15) is 9.59 Å². The Morgan fingerprint density at radius 3 is 2.35 bits per heavy atom. The smallest absolute Gasteiger partial charge is 0.407 e. The molecule has 134 valence electrons. The SMILES string of the molecule is O=C(O)CC1(CNC(=O)OCCCCON(O)O)CCCCC1. The maximum Gasteiger partial charge on any atom is 0.407 e. The monoisotopic (exact) mass is 334 g/mol. The molecule has 4 N–H and O–H groups in total. The lowest BCUT2D eigenvalue weighted by molar-refractivity contribution is -0.492. The van der Waals surface area contributed by atoms with E-state index >= 15 is 0 Å². The van der Waals surface area contributed by atoms with Crippen LogP contribution in [0.4, 0.5) is 4.79 Å². The van der Waals surface area contributed by atoms with Crippen LogP contribution in [-0.2, 0) is 14.4 Å². The third-order valence-electron chi connectivity index (χ3n) is 4.03. The molecule has 9 heteroatoms. The van der Waals surface area contributed by atoms with Crippen LogP contribution in [0.3, 0.4) is 0 Å². The second-order valence-corrected chi connectivity index (χ2v) is 5.91. The fourth-order valence-electron chi connectivity index (χ4n) is 2.86. The Kier molecular flexibility index (Phi) is 8.85. The molecule has 23 heavy (non-hydrogen) atoms. The Morgan fingerprint density at radius 1 is 1.09 bits per heavy atom. The molecule has 0 aliphatic heterocycles. The summed E-state index contributed by atoms with van der Waals surface area (Å²) in [6, 6.07) is 0. The lowest BCUT2D eigenvalue weighted by atomic mass is 9.72. The zero-order valence-corrected chi connectivity index (χ0v) is 13.2. The zero-order valence-electron chi connectivity index (χ0n) is 13.2. The number of nitrogens with zero attached hydrogens (tertiary/aromatic N) is 1. The van der Waals surface area contributed by atoms with Crippen molar-refractivity contribution in [1.82, 2.24) is 10.7 Å². The third kappa shape index (κ3) is 8.70. The molecule has 0 aromatic carbocycles. The normalized spacial score (nSPS) is 17.0. The molecule has 1 saturated carbocycles. The third-order valence-corrected chi connectivity index (χ3v) is 4.03. The van der Waals surface area contributed by atoms with Gasteiger partial charge in [-0.05, 0) is 31.1 Å². The summed E-state index contributed by atoms with van der Waals surface area (Å²) in [5.74, 6) is -0.844. The molecule has 0 heterocycles. The topological polar surface area (TPSA) is 129 Å². The summed E-state index contributed by atoms with van der Waals surface area (Å²) in [6.45, 7) is 0.586. The van der Waals surface area contributed by atoms with Gasteiger partial charge in [0.25, 0.3) is 0 Å². The Morgan fingerprint density at radius 2 is 1.74 bits per heavy atom. The molecule has 0 aromatic heterocycles. The molecule has 9 nitrogen and oxygen atoms in total. The predicted octanol–water partition coefficient (Wildman–Crippen LogP) is 1.93. The fraction of sp³-hybridized carbons (Fsp3) is 0.857. The van der Waals surface area contributed by atoms with Gasteiger partial charge < -0.3 is 15.2 Å². The molecular formula is C14H26N2O7. The van der Waals surface area contributed by atoms with Gasteiger partial charge in [0.1, 0.15) is 0 Å². The van der Waals surface area contributed by atoms with Crippen LogP contribution in [0.2, 0.25) is 0 Å². The minimum absolute atomic E-state index is 0.0590. The maximum absolute atomic E-state index is 11.7. The Hall–Kier alpha value is -1.42. The van der Waals surface area contributed by atoms with Crippen molar-refractivity contribution in [2.45, 2.75) is 51.4 Å². The lowest BCUT2D eigenvalue weighted by Crippen LogP contribution is -2.40. The summed E-state index contributed by atoms with van der Waals surface area (Å²) in [5.41, 5.74) is -0.372. The van der Waals surface area contributed by atoms with E-state index in [1.165, 1.54) is 0 Å². The summed E-state index contributed by atoms with van der Waals surface area (Å²) >= 11 is 0. The van der Waals surface area contributed by atoms with Gasteiger partial charge in [0.05, 0.1) is 25.0 Å². The molecule has 0 bridgehead atoms. The minimum atomic E-state index is -0.844. The molecule has 1 rings (SSSR count). The number of carboxylic acid groups (broad SMARTS) is 1. The molecule has 0 saturated heterocycles. The Labute approximate surface area is 135 Å². The lowest BCUT2D eigenvalue weighted by Gasteiger charge is -2.36. The van der Waals surface area contributed by atoms with Gasteiger partial charge in [0, 0.05) is 6.54 Å². The van der Waals surface area contributed by atoms with Crippen molar-refractivity contribution in [3.05, 3.63) is 0 Å². The number of aliphatic carboxylic acids is 1. The van der Waals surface area contributed by atoms with E-state index in [0.717, 1.165) is 32.1 Å². The number of ether oxygens (including phenoxy) is 1. The van der Waals surface area contributed by atoms with Crippen LogP contribution in [-0.4, -0.2) is 52.7 Å². The first-order chi connectivity index (χ1) is 10.9. The maximum atomic E-state index is 11.7. The zero-order chi connectivity index (χ0) is 17.1. The second kappa shape index (κ2) is 10.4. The van der Waals surface area contributed by atoms with Crippen LogP contribution in [0, 0.1) is 5.41 Å². The average molecular weight is 334 g/mol. The van der Waals surface area contributed by atoms with Gasteiger partial charge in [0.2, 0.25) is 0 Å². The highest BCUT2D eigenvalue weighted by Crippen LogP contribution is 2.38. The Balaban J connectivity index is 2.20. The van der Waals surface area contributed by atoms with Crippen LogP contribution in [0.5, 0.6) is 0 Å².